The van der Waals surface area contributed by atoms with E-state index in [1.54, 1.807) is 41.3 Å². The van der Waals surface area contributed by atoms with Crippen LogP contribution in [-0.2, 0) is 4.79 Å². The van der Waals surface area contributed by atoms with Crippen molar-refractivity contribution in [1.82, 2.24) is 10.2 Å². The maximum absolute atomic E-state index is 12.8. The minimum atomic E-state index is -0.642. The molecule has 23 heavy (non-hydrogen) atoms. The maximum Gasteiger partial charge on any atom is 0.254 e. The van der Waals surface area contributed by atoms with Crippen LogP contribution < -0.4 is 5.32 Å². The van der Waals surface area contributed by atoms with Crippen molar-refractivity contribution in [2.45, 2.75) is 6.04 Å². The van der Waals surface area contributed by atoms with Crippen LogP contribution >= 0.6 is 27.5 Å². The lowest BCUT2D eigenvalue weighted by Gasteiger charge is -2.35. The first-order valence-electron chi connectivity index (χ1n) is 7.16. The van der Waals surface area contributed by atoms with Gasteiger partial charge in [0.2, 0.25) is 5.91 Å². The molecule has 1 aliphatic heterocycles. The number of hydrogen-bond donors (Lipinski definition) is 1. The molecule has 1 unspecified atom stereocenters. The van der Waals surface area contributed by atoms with E-state index in [4.69, 9.17) is 11.6 Å². The molecule has 0 aliphatic carbocycles. The van der Waals surface area contributed by atoms with E-state index in [1.807, 2.05) is 12.1 Å². The first-order chi connectivity index (χ1) is 11.1. The summed E-state index contributed by atoms with van der Waals surface area (Å²) in [6, 6.07) is 13.5. The molecule has 6 heteroatoms. The van der Waals surface area contributed by atoms with Crippen LogP contribution in [0.25, 0.3) is 0 Å². The molecule has 0 bridgehead atoms. The van der Waals surface area contributed by atoms with Crippen molar-refractivity contribution in [3.8, 4) is 0 Å². The monoisotopic (exact) mass is 392 g/mol. The minimum Gasteiger partial charge on any atom is -0.352 e. The number of benzene rings is 2. The second-order valence-electron chi connectivity index (χ2n) is 5.25. The Labute approximate surface area is 147 Å². The van der Waals surface area contributed by atoms with Crippen molar-refractivity contribution < 1.29 is 9.59 Å². The van der Waals surface area contributed by atoms with E-state index in [2.05, 4.69) is 21.2 Å². The number of halogens is 2. The van der Waals surface area contributed by atoms with Gasteiger partial charge in [-0.1, -0.05) is 39.7 Å². The lowest BCUT2D eigenvalue weighted by molar-refractivity contribution is -0.128. The van der Waals surface area contributed by atoms with Crippen molar-refractivity contribution in [3.63, 3.8) is 0 Å². The molecule has 2 amide bonds. The number of piperazine rings is 1. The first-order valence-corrected chi connectivity index (χ1v) is 8.33. The molecule has 1 fully saturated rings. The van der Waals surface area contributed by atoms with Gasteiger partial charge in [0.05, 0.1) is 0 Å². The number of carbonyl (C=O) groups is 2. The lowest BCUT2D eigenvalue weighted by Crippen LogP contribution is -2.52. The third-order valence-electron chi connectivity index (χ3n) is 3.75. The molecule has 0 saturated carbocycles. The Hall–Kier alpha value is -1.85. The largest absolute Gasteiger partial charge is 0.352 e. The van der Waals surface area contributed by atoms with Gasteiger partial charge in [0.15, 0.2) is 0 Å². The van der Waals surface area contributed by atoms with Crippen LogP contribution in [0.4, 0.5) is 0 Å². The van der Waals surface area contributed by atoms with Crippen molar-refractivity contribution in [3.05, 3.63) is 69.2 Å². The molecule has 0 radical (unpaired) electrons. The smallest absolute Gasteiger partial charge is 0.254 e. The summed E-state index contributed by atoms with van der Waals surface area (Å²) in [5, 5.41) is 3.41. The molecule has 3 rings (SSSR count). The third kappa shape index (κ3) is 3.41. The molecule has 1 aliphatic rings. The van der Waals surface area contributed by atoms with E-state index in [9.17, 15) is 9.59 Å². The summed E-state index contributed by atoms with van der Waals surface area (Å²) in [7, 11) is 0. The molecule has 2 aromatic carbocycles. The molecular weight excluding hydrogens is 380 g/mol. The van der Waals surface area contributed by atoms with E-state index in [-0.39, 0.29) is 11.8 Å². The summed E-state index contributed by atoms with van der Waals surface area (Å²) in [5.41, 5.74) is 1.30. The Morgan fingerprint density at radius 1 is 1.13 bits per heavy atom. The van der Waals surface area contributed by atoms with Crippen molar-refractivity contribution in [2.75, 3.05) is 13.1 Å². The van der Waals surface area contributed by atoms with Crippen LogP contribution in [0, 0.1) is 0 Å². The zero-order valence-corrected chi connectivity index (χ0v) is 14.5. The van der Waals surface area contributed by atoms with Crippen molar-refractivity contribution in [1.29, 1.82) is 0 Å². The van der Waals surface area contributed by atoms with Gasteiger partial charge in [0, 0.05) is 28.1 Å². The highest BCUT2D eigenvalue weighted by molar-refractivity contribution is 9.10. The van der Waals surface area contributed by atoms with Gasteiger partial charge >= 0.3 is 0 Å². The summed E-state index contributed by atoms with van der Waals surface area (Å²) in [6.45, 7) is 0.916. The highest BCUT2D eigenvalue weighted by Gasteiger charge is 2.34. The van der Waals surface area contributed by atoms with Gasteiger partial charge < -0.3 is 10.2 Å². The molecule has 2 aromatic rings. The van der Waals surface area contributed by atoms with Gasteiger partial charge in [-0.2, -0.15) is 0 Å². The predicted octanol–water partition coefficient (Wildman–Crippen LogP) is 3.42. The van der Waals surface area contributed by atoms with Gasteiger partial charge in [0.1, 0.15) is 6.04 Å². The minimum absolute atomic E-state index is 0.160. The number of nitrogens with zero attached hydrogens (tertiary/aromatic N) is 1. The van der Waals surface area contributed by atoms with E-state index in [0.29, 0.717) is 23.7 Å². The predicted molar refractivity (Wildman–Crippen MR) is 92.4 cm³/mol. The van der Waals surface area contributed by atoms with Crippen LogP contribution in [0.15, 0.2) is 53.0 Å². The highest BCUT2D eigenvalue weighted by atomic mass is 79.9. The second-order valence-corrected chi connectivity index (χ2v) is 6.60. The van der Waals surface area contributed by atoms with Crippen molar-refractivity contribution in [2.24, 2.45) is 0 Å². The molecule has 4 nitrogen and oxygen atoms in total. The summed E-state index contributed by atoms with van der Waals surface area (Å²) in [5.74, 6) is -0.337. The molecule has 1 heterocycles. The van der Waals surface area contributed by atoms with Crippen LogP contribution in [-0.4, -0.2) is 29.8 Å². The Bertz CT molecular complexity index is 731. The number of rotatable bonds is 2. The highest BCUT2D eigenvalue weighted by Crippen LogP contribution is 2.26. The Kier molecular flexibility index (Phi) is 4.68. The average Bonchev–Trinajstić information content (AvgIpc) is 2.56. The number of hydrogen-bond acceptors (Lipinski definition) is 2. The molecule has 1 saturated heterocycles. The number of amides is 2. The summed E-state index contributed by atoms with van der Waals surface area (Å²) < 4.78 is 0.902. The van der Waals surface area contributed by atoms with Crippen molar-refractivity contribution >= 4 is 39.3 Å². The maximum atomic E-state index is 12.8. The zero-order chi connectivity index (χ0) is 16.4. The molecule has 0 aromatic heterocycles. The standard InChI is InChI=1S/C17H14BrClN2O2/c18-13-5-1-12(2-6-13)17(23)21-10-9-20-16(22)15(21)11-3-7-14(19)8-4-11/h1-8,15H,9-10H2,(H,20,22). The zero-order valence-electron chi connectivity index (χ0n) is 12.1. The van der Waals surface area contributed by atoms with E-state index in [1.165, 1.54) is 0 Å². The number of nitrogens with one attached hydrogen (secondary N) is 1. The van der Waals surface area contributed by atoms with E-state index in [0.717, 1.165) is 10.0 Å². The van der Waals surface area contributed by atoms with Gasteiger partial charge in [-0.05, 0) is 42.0 Å². The Morgan fingerprint density at radius 3 is 2.43 bits per heavy atom. The van der Waals surface area contributed by atoms with E-state index >= 15 is 0 Å². The van der Waals surface area contributed by atoms with Gasteiger partial charge in [-0.15, -0.1) is 0 Å². The van der Waals surface area contributed by atoms with Gasteiger partial charge in [0.25, 0.3) is 5.91 Å². The summed E-state index contributed by atoms with van der Waals surface area (Å²) >= 11 is 9.27. The Morgan fingerprint density at radius 2 is 1.78 bits per heavy atom. The van der Waals surface area contributed by atoms with Gasteiger partial charge in [-0.3, -0.25) is 9.59 Å². The van der Waals surface area contributed by atoms with Gasteiger partial charge in [-0.25, -0.2) is 0 Å². The normalized spacial score (nSPS) is 17.7. The fourth-order valence-corrected chi connectivity index (χ4v) is 3.01. The first kappa shape index (κ1) is 16.0. The Balaban J connectivity index is 1.94. The number of carbonyl (C=O) groups excluding carboxylic acids is 2. The van der Waals surface area contributed by atoms with Crippen LogP contribution in [0.2, 0.25) is 5.02 Å². The van der Waals surface area contributed by atoms with E-state index < -0.39 is 6.04 Å². The van der Waals surface area contributed by atoms with Crippen LogP contribution in [0.5, 0.6) is 0 Å². The summed E-state index contributed by atoms with van der Waals surface area (Å²) in [6.07, 6.45) is 0. The fourth-order valence-electron chi connectivity index (χ4n) is 2.62. The van der Waals surface area contributed by atoms with Crippen LogP contribution in [0.1, 0.15) is 22.0 Å². The second kappa shape index (κ2) is 6.72. The average molecular weight is 394 g/mol. The topological polar surface area (TPSA) is 49.4 Å². The summed E-state index contributed by atoms with van der Waals surface area (Å²) in [4.78, 5) is 26.7. The lowest BCUT2D eigenvalue weighted by atomic mass is 10.0. The fraction of sp³-hybridized carbons (Fsp3) is 0.176. The third-order valence-corrected chi connectivity index (χ3v) is 4.53. The molecule has 1 atom stereocenters. The molecule has 1 N–H and O–H groups in total. The molecule has 0 spiro atoms. The SMILES string of the molecule is O=C1NCCN(C(=O)c2ccc(Br)cc2)C1c1ccc(Cl)cc1. The quantitative estimate of drug-likeness (QED) is 0.850. The molecular formula is C17H14BrClN2O2. The van der Waals surface area contributed by atoms with Crippen LogP contribution in [0.3, 0.4) is 0 Å². The molecule has 118 valence electrons.